The maximum absolute atomic E-state index is 9.78. The minimum absolute atomic E-state index is 0.484. The van der Waals surface area contributed by atoms with Crippen molar-refractivity contribution in [3.05, 3.63) is 11.6 Å². The van der Waals surface area contributed by atoms with E-state index in [0.29, 0.717) is 18.8 Å². The Bertz CT molecular complexity index is 263. The van der Waals surface area contributed by atoms with Gasteiger partial charge in [0, 0.05) is 0 Å². The maximum Gasteiger partial charge on any atom is 0.0841 e. The molecular weight excluding hydrogens is 210 g/mol. The van der Waals surface area contributed by atoms with Gasteiger partial charge in [-0.05, 0) is 25.7 Å². The third-order valence-corrected chi connectivity index (χ3v) is 2.95. The highest BCUT2D eigenvalue weighted by molar-refractivity contribution is 5.18. The van der Waals surface area contributed by atoms with E-state index in [2.05, 4.69) is 26.0 Å². The van der Waals surface area contributed by atoms with Gasteiger partial charge in [-0.15, -0.1) is 0 Å². The number of hydrogen-bond donors (Lipinski definition) is 1. The van der Waals surface area contributed by atoms with Crippen LogP contribution in [-0.2, 0) is 0 Å². The van der Waals surface area contributed by atoms with Gasteiger partial charge in [0.15, 0.2) is 0 Å². The number of nitrogens with zero attached hydrogens (tertiary/aromatic N) is 1. The van der Waals surface area contributed by atoms with E-state index in [1.165, 1.54) is 5.57 Å². The van der Waals surface area contributed by atoms with Crippen molar-refractivity contribution in [2.75, 3.05) is 0 Å². The molecule has 0 spiro atoms. The summed E-state index contributed by atoms with van der Waals surface area (Å²) in [6.07, 6.45) is 2.94. The number of nitriles is 1. The van der Waals surface area contributed by atoms with Gasteiger partial charge in [-0.2, -0.15) is 5.26 Å². The molecule has 1 N–H and O–H groups in total. The van der Waals surface area contributed by atoms with Crippen molar-refractivity contribution in [2.24, 2.45) is 11.3 Å². The molecule has 0 saturated carbocycles. The molecule has 2 atom stereocenters. The monoisotopic (exact) mass is 239 g/mol. The SMILES string of the molecule is CC.CC.CC(C)C1=CCC(C)(C#N)C(O)C1. The van der Waals surface area contributed by atoms with Crippen LogP contribution >= 0.6 is 0 Å². The first kappa shape index (κ1) is 18.6. The summed E-state index contributed by atoms with van der Waals surface area (Å²) in [4.78, 5) is 0. The molecule has 2 heteroatoms. The Morgan fingerprint density at radius 3 is 2.12 bits per heavy atom. The molecule has 0 bridgehead atoms. The van der Waals surface area contributed by atoms with Gasteiger partial charge >= 0.3 is 0 Å². The molecule has 0 amide bonds. The lowest BCUT2D eigenvalue weighted by Gasteiger charge is -2.32. The molecule has 1 aliphatic carbocycles. The highest BCUT2D eigenvalue weighted by Crippen LogP contribution is 2.36. The van der Waals surface area contributed by atoms with Crippen molar-refractivity contribution in [1.82, 2.24) is 0 Å². The third-order valence-electron chi connectivity index (χ3n) is 2.95. The molecule has 0 radical (unpaired) electrons. The Morgan fingerprint density at radius 2 is 1.82 bits per heavy atom. The molecule has 2 nitrogen and oxygen atoms in total. The van der Waals surface area contributed by atoms with Gasteiger partial charge in [0.05, 0.1) is 17.6 Å². The van der Waals surface area contributed by atoms with Crippen LogP contribution in [-0.4, -0.2) is 11.2 Å². The summed E-state index contributed by atoms with van der Waals surface area (Å²) in [6.45, 7) is 14.1. The molecule has 2 unspecified atom stereocenters. The minimum atomic E-state index is -0.571. The number of aliphatic hydroxyl groups excluding tert-OH is 1. The van der Waals surface area contributed by atoms with Crippen LogP contribution in [0.3, 0.4) is 0 Å². The summed E-state index contributed by atoms with van der Waals surface area (Å²) in [5, 5.41) is 18.7. The largest absolute Gasteiger partial charge is 0.391 e. The van der Waals surface area contributed by atoms with Gasteiger partial charge in [0.2, 0.25) is 0 Å². The summed E-state index contributed by atoms with van der Waals surface area (Å²) in [6, 6.07) is 2.19. The van der Waals surface area contributed by atoms with Gasteiger partial charge in [-0.1, -0.05) is 53.2 Å². The van der Waals surface area contributed by atoms with Crippen LogP contribution < -0.4 is 0 Å². The molecule has 0 fully saturated rings. The third kappa shape index (κ3) is 5.37. The molecular formula is C15H29NO. The second-order valence-corrected chi connectivity index (χ2v) is 4.39. The maximum atomic E-state index is 9.78. The van der Waals surface area contributed by atoms with Crippen LogP contribution in [0.4, 0.5) is 0 Å². The lowest BCUT2D eigenvalue weighted by molar-refractivity contribution is 0.0679. The van der Waals surface area contributed by atoms with E-state index in [1.807, 2.05) is 34.6 Å². The number of rotatable bonds is 1. The molecule has 1 rings (SSSR count). The van der Waals surface area contributed by atoms with E-state index < -0.39 is 11.5 Å². The number of aliphatic hydroxyl groups is 1. The summed E-state index contributed by atoms with van der Waals surface area (Å²) in [7, 11) is 0. The first-order chi connectivity index (χ1) is 7.99. The van der Waals surface area contributed by atoms with E-state index in [4.69, 9.17) is 5.26 Å². The Hall–Kier alpha value is -0.810. The second-order valence-electron chi connectivity index (χ2n) is 4.39. The lowest BCUT2D eigenvalue weighted by atomic mass is 9.73. The van der Waals surface area contributed by atoms with Gasteiger partial charge in [0.25, 0.3) is 0 Å². The smallest absolute Gasteiger partial charge is 0.0841 e. The Balaban J connectivity index is 0. The van der Waals surface area contributed by atoms with E-state index in [-0.39, 0.29) is 0 Å². The number of allylic oxidation sites excluding steroid dienone is 1. The highest BCUT2D eigenvalue weighted by atomic mass is 16.3. The van der Waals surface area contributed by atoms with Crippen LogP contribution in [0.2, 0.25) is 0 Å². The van der Waals surface area contributed by atoms with Crippen LogP contribution in [0.5, 0.6) is 0 Å². The zero-order chi connectivity index (χ0) is 14.1. The quantitative estimate of drug-likeness (QED) is 0.693. The zero-order valence-corrected chi connectivity index (χ0v) is 12.5. The fraction of sp³-hybridized carbons (Fsp3) is 0.800. The molecule has 0 saturated heterocycles. The zero-order valence-electron chi connectivity index (χ0n) is 12.5. The van der Waals surface area contributed by atoms with Gasteiger partial charge in [-0.3, -0.25) is 0 Å². The minimum Gasteiger partial charge on any atom is -0.391 e. The molecule has 0 aromatic heterocycles. The van der Waals surface area contributed by atoms with Crippen molar-refractivity contribution in [2.45, 2.75) is 67.4 Å². The molecule has 0 heterocycles. The van der Waals surface area contributed by atoms with Crippen LogP contribution in [0.25, 0.3) is 0 Å². The first-order valence-corrected chi connectivity index (χ1v) is 6.78. The van der Waals surface area contributed by atoms with Crippen molar-refractivity contribution < 1.29 is 5.11 Å². The normalized spacial score (nSPS) is 26.8. The average Bonchev–Trinajstić information content (AvgIpc) is 2.37. The standard InChI is InChI=1S/C11H17NO.2C2H6/c1-8(2)9-4-5-11(3,7-12)10(13)6-9;2*1-2/h4,8,10,13H,5-6H2,1-3H3;2*1-2H3. The first-order valence-electron chi connectivity index (χ1n) is 6.78. The summed E-state index contributed by atoms with van der Waals surface area (Å²) in [5.41, 5.74) is 0.707. The van der Waals surface area contributed by atoms with Crippen molar-refractivity contribution >= 4 is 0 Å². The van der Waals surface area contributed by atoms with Gasteiger partial charge < -0.3 is 5.11 Å². The summed E-state index contributed by atoms with van der Waals surface area (Å²) < 4.78 is 0. The Morgan fingerprint density at radius 1 is 1.35 bits per heavy atom. The molecule has 0 aromatic rings. The molecule has 0 aromatic carbocycles. The number of hydrogen-bond acceptors (Lipinski definition) is 2. The molecule has 17 heavy (non-hydrogen) atoms. The van der Waals surface area contributed by atoms with Crippen molar-refractivity contribution in [3.8, 4) is 6.07 Å². The summed E-state index contributed by atoms with van der Waals surface area (Å²) in [5.74, 6) is 0.484. The van der Waals surface area contributed by atoms with Gasteiger partial charge in [0.1, 0.15) is 0 Å². The van der Waals surface area contributed by atoms with E-state index >= 15 is 0 Å². The topological polar surface area (TPSA) is 44.0 Å². The average molecular weight is 239 g/mol. The Labute approximate surface area is 107 Å². The fourth-order valence-corrected chi connectivity index (χ4v) is 1.60. The highest BCUT2D eigenvalue weighted by Gasteiger charge is 2.36. The van der Waals surface area contributed by atoms with E-state index in [1.54, 1.807) is 0 Å². The van der Waals surface area contributed by atoms with E-state index in [9.17, 15) is 5.11 Å². The predicted octanol–water partition coefficient (Wildman–Crippen LogP) is 4.31. The van der Waals surface area contributed by atoms with Crippen LogP contribution in [0.1, 0.15) is 61.3 Å². The summed E-state index contributed by atoms with van der Waals surface area (Å²) >= 11 is 0. The fourth-order valence-electron chi connectivity index (χ4n) is 1.60. The molecule has 100 valence electrons. The molecule has 0 aliphatic heterocycles. The van der Waals surface area contributed by atoms with E-state index in [0.717, 1.165) is 0 Å². The lowest BCUT2D eigenvalue weighted by Crippen LogP contribution is -2.34. The van der Waals surface area contributed by atoms with Crippen molar-refractivity contribution in [3.63, 3.8) is 0 Å². The van der Waals surface area contributed by atoms with Crippen molar-refractivity contribution in [1.29, 1.82) is 5.26 Å². The van der Waals surface area contributed by atoms with Gasteiger partial charge in [-0.25, -0.2) is 0 Å². The molecule has 1 aliphatic rings. The van der Waals surface area contributed by atoms with Crippen LogP contribution in [0.15, 0.2) is 11.6 Å². The van der Waals surface area contributed by atoms with Crippen LogP contribution in [0, 0.1) is 22.7 Å². The Kier molecular flexibility index (Phi) is 10.1. The predicted molar refractivity (Wildman–Crippen MR) is 74.6 cm³/mol. The second kappa shape index (κ2) is 9.24.